The second-order valence-corrected chi connectivity index (χ2v) is 8.89. The molecule has 5 rings (SSSR count). The summed E-state index contributed by atoms with van der Waals surface area (Å²) < 4.78 is 15.1. The van der Waals surface area contributed by atoms with Gasteiger partial charge in [-0.2, -0.15) is 0 Å². The van der Waals surface area contributed by atoms with Crippen molar-refractivity contribution in [3.05, 3.63) is 58.5 Å². The molecule has 2 N–H and O–H groups in total. The number of amides is 2. The molecule has 0 saturated carbocycles. The van der Waals surface area contributed by atoms with Gasteiger partial charge in [-0.05, 0) is 47.7 Å². The van der Waals surface area contributed by atoms with Crippen LogP contribution in [-0.4, -0.2) is 47.3 Å². The Morgan fingerprint density at radius 3 is 2.64 bits per heavy atom. The third-order valence-electron chi connectivity index (χ3n) is 5.70. The summed E-state index contributed by atoms with van der Waals surface area (Å²) in [5.41, 5.74) is 3.38. The van der Waals surface area contributed by atoms with Crippen molar-refractivity contribution < 1.29 is 14.0 Å². The monoisotopic (exact) mass is 463 g/mol. The van der Waals surface area contributed by atoms with Gasteiger partial charge in [-0.3, -0.25) is 14.9 Å². The number of piperazine rings is 1. The van der Waals surface area contributed by atoms with Crippen LogP contribution in [0.15, 0.2) is 41.3 Å². The molecular weight excluding hydrogens is 441 g/mol. The molecule has 0 aliphatic carbocycles. The van der Waals surface area contributed by atoms with E-state index < -0.39 is 5.91 Å². The molecule has 3 aromatic rings. The molecule has 0 spiro atoms. The topological polar surface area (TPSA) is 87.2 Å². The van der Waals surface area contributed by atoms with Crippen LogP contribution in [0.1, 0.15) is 18.3 Å². The number of rotatable bonds is 4. The van der Waals surface area contributed by atoms with E-state index in [0.29, 0.717) is 34.1 Å². The van der Waals surface area contributed by atoms with Crippen LogP contribution >= 0.6 is 11.8 Å². The third-order valence-corrected chi connectivity index (χ3v) is 6.51. The molecule has 2 aliphatic rings. The number of nitrogens with one attached hydrogen (secondary N) is 2. The predicted octanol–water partition coefficient (Wildman–Crippen LogP) is 3.73. The van der Waals surface area contributed by atoms with Crippen LogP contribution in [0, 0.1) is 5.82 Å². The number of carbonyl (C=O) groups excluding carboxylic acids is 2. The van der Waals surface area contributed by atoms with E-state index in [-0.39, 0.29) is 11.1 Å². The van der Waals surface area contributed by atoms with Crippen LogP contribution in [0.3, 0.4) is 0 Å². The van der Waals surface area contributed by atoms with Gasteiger partial charge in [0.1, 0.15) is 11.6 Å². The number of carbonyl (C=O) groups is 2. The molecule has 2 aliphatic heterocycles. The summed E-state index contributed by atoms with van der Waals surface area (Å²) >= 11 is 0.869. The lowest BCUT2D eigenvalue weighted by atomic mass is 10.0. The van der Waals surface area contributed by atoms with Gasteiger partial charge in [0.25, 0.3) is 11.1 Å². The lowest BCUT2D eigenvalue weighted by molar-refractivity contribution is -0.115. The zero-order chi connectivity index (χ0) is 22.9. The Hall–Kier alpha value is -3.30. The number of nitrogens with zero attached hydrogens (tertiary/aromatic N) is 3. The van der Waals surface area contributed by atoms with Crippen molar-refractivity contribution in [2.45, 2.75) is 13.3 Å². The van der Waals surface area contributed by atoms with E-state index in [1.807, 2.05) is 42.2 Å². The minimum Gasteiger partial charge on any atom is -0.367 e. The van der Waals surface area contributed by atoms with Gasteiger partial charge in [0, 0.05) is 43.5 Å². The Morgan fingerprint density at radius 2 is 1.94 bits per heavy atom. The first-order valence-corrected chi connectivity index (χ1v) is 11.6. The standard InChI is InChI=1S/C24H22FN5O2S/c1-2-21-27-18-5-3-14(12-20-23(31)29-24(32)33-20)11-16(18)22(28-21)15-4-6-19(17(25)13-15)30-9-7-26-8-10-30/h3-6,11-13,26H,2,7-10H2,1H3,(H,29,31,32)/b20-12-. The smallest absolute Gasteiger partial charge is 0.290 e. The highest BCUT2D eigenvalue weighted by molar-refractivity contribution is 8.18. The van der Waals surface area contributed by atoms with E-state index in [1.54, 1.807) is 6.08 Å². The molecule has 1 aromatic heterocycles. The summed E-state index contributed by atoms with van der Waals surface area (Å²) in [5.74, 6) is -0.0185. The molecule has 9 heteroatoms. The van der Waals surface area contributed by atoms with Crippen molar-refractivity contribution in [1.82, 2.24) is 20.6 Å². The molecule has 2 aromatic carbocycles. The number of aryl methyl sites for hydroxylation is 1. The molecular formula is C24H22FN5O2S. The van der Waals surface area contributed by atoms with Crippen LogP contribution in [-0.2, 0) is 11.2 Å². The summed E-state index contributed by atoms with van der Waals surface area (Å²) in [7, 11) is 0. The first-order chi connectivity index (χ1) is 16.0. The minimum absolute atomic E-state index is 0.282. The number of thioether (sulfide) groups is 1. The highest BCUT2D eigenvalue weighted by Gasteiger charge is 2.25. The Labute approximate surface area is 194 Å². The van der Waals surface area contributed by atoms with Crippen molar-refractivity contribution in [3.8, 4) is 11.3 Å². The summed E-state index contributed by atoms with van der Waals surface area (Å²) in [6.45, 7) is 5.16. The van der Waals surface area contributed by atoms with Gasteiger partial charge < -0.3 is 10.2 Å². The average Bonchev–Trinajstić information content (AvgIpc) is 3.15. The number of benzene rings is 2. The molecule has 2 amide bonds. The summed E-state index contributed by atoms with van der Waals surface area (Å²) in [5, 5.41) is 5.91. The maximum absolute atomic E-state index is 15.1. The van der Waals surface area contributed by atoms with Crippen LogP contribution < -0.4 is 15.5 Å². The fourth-order valence-electron chi connectivity index (χ4n) is 4.05. The molecule has 0 bridgehead atoms. The van der Waals surface area contributed by atoms with Gasteiger partial charge in [-0.1, -0.05) is 19.1 Å². The number of aromatic nitrogens is 2. The maximum atomic E-state index is 15.1. The number of fused-ring (bicyclic) bond motifs is 1. The highest BCUT2D eigenvalue weighted by Crippen LogP contribution is 2.32. The van der Waals surface area contributed by atoms with Crippen LogP contribution in [0.25, 0.3) is 28.2 Å². The number of hydrogen-bond donors (Lipinski definition) is 2. The van der Waals surface area contributed by atoms with Crippen LogP contribution in [0.2, 0.25) is 0 Å². The van der Waals surface area contributed by atoms with Gasteiger partial charge >= 0.3 is 0 Å². The molecule has 2 saturated heterocycles. The Morgan fingerprint density at radius 1 is 1.12 bits per heavy atom. The number of halogens is 1. The Balaban J connectivity index is 1.59. The Bertz CT molecular complexity index is 1300. The summed E-state index contributed by atoms with van der Waals surface area (Å²) in [6.07, 6.45) is 2.31. The van der Waals surface area contributed by atoms with Crippen molar-refractivity contribution >= 4 is 45.6 Å². The van der Waals surface area contributed by atoms with Crippen LogP contribution in [0.4, 0.5) is 14.9 Å². The van der Waals surface area contributed by atoms with E-state index >= 15 is 4.39 Å². The Kier molecular flexibility index (Phi) is 5.82. The van der Waals surface area contributed by atoms with Gasteiger partial charge in [0.05, 0.1) is 21.8 Å². The number of imide groups is 1. The predicted molar refractivity (Wildman–Crippen MR) is 128 cm³/mol. The van der Waals surface area contributed by atoms with Crippen molar-refractivity contribution in [2.75, 3.05) is 31.1 Å². The fraction of sp³-hybridized carbons (Fsp3) is 0.250. The zero-order valence-electron chi connectivity index (χ0n) is 18.0. The molecule has 0 atom stereocenters. The van der Waals surface area contributed by atoms with E-state index in [1.165, 1.54) is 6.07 Å². The van der Waals surface area contributed by atoms with E-state index in [2.05, 4.69) is 15.6 Å². The van der Waals surface area contributed by atoms with Gasteiger partial charge in [-0.15, -0.1) is 0 Å². The molecule has 7 nitrogen and oxygen atoms in total. The number of anilines is 1. The normalized spacial score (nSPS) is 17.8. The van der Waals surface area contributed by atoms with Crippen molar-refractivity contribution in [1.29, 1.82) is 0 Å². The second kappa shape index (κ2) is 8.92. The fourth-order valence-corrected chi connectivity index (χ4v) is 4.73. The summed E-state index contributed by atoms with van der Waals surface area (Å²) in [4.78, 5) is 35.1. The largest absolute Gasteiger partial charge is 0.367 e. The van der Waals surface area contributed by atoms with Gasteiger partial charge in [0.15, 0.2) is 0 Å². The maximum Gasteiger partial charge on any atom is 0.290 e. The SMILES string of the molecule is CCc1nc(-c2ccc(N3CCNCC3)c(F)c2)c2cc(/C=C3\SC(=O)NC3=O)ccc2n1. The molecule has 168 valence electrons. The van der Waals surface area contributed by atoms with E-state index in [0.717, 1.165) is 54.4 Å². The molecule has 0 radical (unpaired) electrons. The minimum atomic E-state index is -0.409. The highest BCUT2D eigenvalue weighted by atomic mass is 32.2. The molecule has 33 heavy (non-hydrogen) atoms. The first kappa shape index (κ1) is 21.5. The molecule has 3 heterocycles. The van der Waals surface area contributed by atoms with Crippen molar-refractivity contribution in [2.24, 2.45) is 0 Å². The van der Waals surface area contributed by atoms with E-state index in [9.17, 15) is 9.59 Å². The molecule has 2 fully saturated rings. The van der Waals surface area contributed by atoms with Gasteiger partial charge in [-0.25, -0.2) is 14.4 Å². The lowest BCUT2D eigenvalue weighted by Gasteiger charge is -2.29. The zero-order valence-corrected chi connectivity index (χ0v) is 18.8. The first-order valence-electron chi connectivity index (χ1n) is 10.8. The quantitative estimate of drug-likeness (QED) is 0.570. The number of hydrogen-bond acceptors (Lipinski definition) is 7. The second-order valence-electron chi connectivity index (χ2n) is 7.87. The summed E-state index contributed by atoms with van der Waals surface area (Å²) in [6, 6.07) is 10.8. The van der Waals surface area contributed by atoms with Crippen LogP contribution in [0.5, 0.6) is 0 Å². The van der Waals surface area contributed by atoms with E-state index in [4.69, 9.17) is 4.98 Å². The lowest BCUT2D eigenvalue weighted by Crippen LogP contribution is -2.43. The molecule has 0 unspecified atom stereocenters. The average molecular weight is 464 g/mol. The third kappa shape index (κ3) is 4.34. The van der Waals surface area contributed by atoms with Gasteiger partial charge in [0.2, 0.25) is 0 Å². The van der Waals surface area contributed by atoms with Crippen molar-refractivity contribution in [3.63, 3.8) is 0 Å².